The number of hydrogen-bond acceptors (Lipinski definition) is 3. The van der Waals surface area contributed by atoms with Crippen molar-refractivity contribution in [2.24, 2.45) is 5.41 Å². The van der Waals surface area contributed by atoms with Gasteiger partial charge in [0.15, 0.2) is 0 Å². The Labute approximate surface area is 106 Å². The van der Waals surface area contributed by atoms with Gasteiger partial charge in [0.05, 0.1) is 17.9 Å². The Bertz CT molecular complexity index is 555. The molecule has 92 valence electrons. The van der Waals surface area contributed by atoms with Crippen LogP contribution in [-0.4, -0.2) is 19.5 Å². The highest BCUT2D eigenvalue weighted by atomic mass is 16.1. The van der Waals surface area contributed by atoms with Gasteiger partial charge in [-0.3, -0.25) is 4.79 Å². The highest BCUT2D eigenvalue weighted by molar-refractivity contribution is 5.99. The lowest BCUT2D eigenvalue weighted by atomic mass is 10.1. The minimum atomic E-state index is -0.137. The summed E-state index contributed by atoms with van der Waals surface area (Å²) in [5.74, 6) is 0.0560. The summed E-state index contributed by atoms with van der Waals surface area (Å²) in [4.78, 5) is 13.4. The van der Waals surface area contributed by atoms with Crippen molar-refractivity contribution in [3.8, 4) is 6.07 Å². The molecule has 0 radical (unpaired) electrons. The zero-order valence-corrected chi connectivity index (χ0v) is 10.4. The molecule has 2 aliphatic rings. The van der Waals surface area contributed by atoms with Gasteiger partial charge in [-0.15, -0.1) is 0 Å². The van der Waals surface area contributed by atoms with E-state index in [-0.39, 0.29) is 11.3 Å². The molecule has 1 saturated carbocycles. The van der Waals surface area contributed by atoms with Gasteiger partial charge in [-0.25, -0.2) is 0 Å². The van der Waals surface area contributed by atoms with Crippen molar-refractivity contribution in [3.05, 3.63) is 23.8 Å². The Balaban J connectivity index is 1.79. The monoisotopic (exact) mass is 241 g/mol. The van der Waals surface area contributed by atoms with Crippen LogP contribution in [-0.2, 0) is 11.2 Å². The summed E-state index contributed by atoms with van der Waals surface area (Å²) in [7, 11) is 2.00. The lowest BCUT2D eigenvalue weighted by Gasteiger charge is -2.22. The molecule has 0 spiro atoms. The van der Waals surface area contributed by atoms with E-state index in [9.17, 15) is 4.79 Å². The molecule has 0 unspecified atom stereocenters. The van der Waals surface area contributed by atoms with Gasteiger partial charge in [0.1, 0.15) is 0 Å². The first-order valence-electron chi connectivity index (χ1n) is 6.17. The highest BCUT2D eigenvalue weighted by Crippen LogP contribution is 2.46. The molecule has 1 N–H and O–H groups in total. The fourth-order valence-electron chi connectivity index (χ4n) is 2.45. The van der Waals surface area contributed by atoms with Crippen LogP contribution >= 0.6 is 0 Å². The number of anilines is 2. The summed E-state index contributed by atoms with van der Waals surface area (Å²) in [6, 6.07) is 8.39. The summed E-state index contributed by atoms with van der Waals surface area (Å²) < 4.78 is 0. The minimum absolute atomic E-state index is 0.0560. The third-order valence-corrected chi connectivity index (χ3v) is 3.79. The SMILES string of the molecule is CN(CC1(C#N)CC1)c1ccc2c(c1)CC(=O)N2. The summed E-state index contributed by atoms with van der Waals surface area (Å²) in [5.41, 5.74) is 2.90. The molecule has 0 atom stereocenters. The van der Waals surface area contributed by atoms with Crippen LogP contribution in [0.4, 0.5) is 11.4 Å². The summed E-state index contributed by atoms with van der Waals surface area (Å²) in [5, 5.41) is 11.9. The van der Waals surface area contributed by atoms with Gasteiger partial charge in [0.25, 0.3) is 0 Å². The van der Waals surface area contributed by atoms with Crippen LogP contribution < -0.4 is 10.2 Å². The number of nitrogens with one attached hydrogen (secondary N) is 1. The molecular formula is C14H15N3O. The number of amides is 1. The fraction of sp³-hybridized carbons (Fsp3) is 0.429. The van der Waals surface area contributed by atoms with Gasteiger partial charge in [-0.05, 0) is 36.6 Å². The molecule has 1 amide bonds. The predicted octanol–water partition coefficient (Wildman–Crippen LogP) is 1.92. The van der Waals surface area contributed by atoms with Crippen molar-refractivity contribution in [2.75, 3.05) is 23.8 Å². The molecule has 1 heterocycles. The van der Waals surface area contributed by atoms with E-state index >= 15 is 0 Å². The molecule has 1 aliphatic heterocycles. The maximum absolute atomic E-state index is 11.3. The normalized spacial score (nSPS) is 18.8. The van der Waals surface area contributed by atoms with Crippen LogP contribution in [0.15, 0.2) is 18.2 Å². The molecule has 0 aromatic heterocycles. The lowest BCUT2D eigenvalue weighted by molar-refractivity contribution is -0.115. The van der Waals surface area contributed by atoms with E-state index in [0.717, 1.165) is 36.3 Å². The topological polar surface area (TPSA) is 56.1 Å². The Hall–Kier alpha value is -2.02. The first kappa shape index (κ1) is 11.1. The van der Waals surface area contributed by atoms with Gasteiger partial charge < -0.3 is 10.2 Å². The van der Waals surface area contributed by atoms with E-state index in [4.69, 9.17) is 5.26 Å². The van der Waals surface area contributed by atoms with Crippen LogP contribution in [0.2, 0.25) is 0 Å². The van der Waals surface area contributed by atoms with E-state index in [2.05, 4.69) is 16.3 Å². The van der Waals surface area contributed by atoms with E-state index in [0.29, 0.717) is 6.42 Å². The fourth-order valence-corrected chi connectivity index (χ4v) is 2.45. The number of carbonyl (C=O) groups is 1. The van der Waals surface area contributed by atoms with Crippen LogP contribution in [0.1, 0.15) is 18.4 Å². The van der Waals surface area contributed by atoms with Gasteiger partial charge in [0, 0.05) is 25.0 Å². The van der Waals surface area contributed by atoms with E-state index in [1.807, 2.05) is 25.2 Å². The largest absolute Gasteiger partial charge is 0.373 e. The third-order valence-electron chi connectivity index (χ3n) is 3.79. The number of rotatable bonds is 3. The van der Waals surface area contributed by atoms with E-state index in [1.54, 1.807) is 0 Å². The van der Waals surface area contributed by atoms with Crippen LogP contribution in [0.25, 0.3) is 0 Å². The van der Waals surface area contributed by atoms with Crippen LogP contribution in [0.5, 0.6) is 0 Å². The van der Waals surface area contributed by atoms with Crippen LogP contribution in [0.3, 0.4) is 0 Å². The van der Waals surface area contributed by atoms with Gasteiger partial charge in [-0.1, -0.05) is 0 Å². The van der Waals surface area contributed by atoms with Crippen LogP contribution in [0, 0.1) is 16.7 Å². The molecule has 1 aromatic carbocycles. The number of benzene rings is 1. The number of nitriles is 1. The van der Waals surface area contributed by atoms with Gasteiger partial charge >= 0.3 is 0 Å². The quantitative estimate of drug-likeness (QED) is 0.879. The number of hydrogen-bond donors (Lipinski definition) is 1. The molecule has 4 heteroatoms. The smallest absolute Gasteiger partial charge is 0.228 e. The molecule has 0 saturated heterocycles. The summed E-state index contributed by atoms with van der Waals surface area (Å²) in [6.45, 7) is 0.768. The first-order chi connectivity index (χ1) is 8.62. The van der Waals surface area contributed by atoms with Gasteiger partial charge in [0.2, 0.25) is 5.91 Å². The second kappa shape index (κ2) is 3.74. The first-order valence-corrected chi connectivity index (χ1v) is 6.17. The van der Waals surface area contributed by atoms with E-state index in [1.165, 1.54) is 0 Å². The van der Waals surface area contributed by atoms with E-state index < -0.39 is 0 Å². The molecule has 1 aromatic rings. The Morgan fingerprint density at radius 2 is 2.28 bits per heavy atom. The molecule has 1 aliphatic carbocycles. The van der Waals surface area contributed by atoms with Crippen molar-refractivity contribution < 1.29 is 4.79 Å². The molecule has 0 bridgehead atoms. The lowest BCUT2D eigenvalue weighted by Crippen LogP contribution is -2.25. The number of carbonyl (C=O) groups excluding carboxylic acids is 1. The van der Waals surface area contributed by atoms with Crippen molar-refractivity contribution in [1.29, 1.82) is 5.26 Å². The second-order valence-corrected chi connectivity index (χ2v) is 5.31. The zero-order valence-electron chi connectivity index (χ0n) is 10.4. The maximum Gasteiger partial charge on any atom is 0.228 e. The molecule has 18 heavy (non-hydrogen) atoms. The van der Waals surface area contributed by atoms with Crippen molar-refractivity contribution in [2.45, 2.75) is 19.3 Å². The summed E-state index contributed by atoms with van der Waals surface area (Å²) >= 11 is 0. The molecule has 4 nitrogen and oxygen atoms in total. The number of fused-ring (bicyclic) bond motifs is 1. The van der Waals surface area contributed by atoms with Crippen molar-refractivity contribution in [1.82, 2.24) is 0 Å². The standard InChI is InChI=1S/C14H15N3O/c1-17(9-14(8-15)4-5-14)11-2-3-12-10(6-11)7-13(18)16-12/h2-3,6H,4-5,7,9H2,1H3,(H,16,18). The minimum Gasteiger partial charge on any atom is -0.373 e. The molecule has 1 fully saturated rings. The highest BCUT2D eigenvalue weighted by Gasteiger charge is 2.44. The summed E-state index contributed by atoms with van der Waals surface area (Å²) in [6.07, 6.45) is 2.46. The Morgan fingerprint density at radius 1 is 1.50 bits per heavy atom. The molecule has 3 rings (SSSR count). The Morgan fingerprint density at radius 3 is 2.94 bits per heavy atom. The third kappa shape index (κ3) is 1.82. The zero-order chi connectivity index (χ0) is 12.8. The maximum atomic E-state index is 11.3. The predicted molar refractivity (Wildman–Crippen MR) is 69.3 cm³/mol. The second-order valence-electron chi connectivity index (χ2n) is 5.31. The number of nitrogens with zero attached hydrogens (tertiary/aromatic N) is 2. The Kier molecular flexibility index (Phi) is 2.30. The molecular weight excluding hydrogens is 226 g/mol. The average molecular weight is 241 g/mol. The van der Waals surface area contributed by atoms with Crippen molar-refractivity contribution >= 4 is 17.3 Å². The van der Waals surface area contributed by atoms with Gasteiger partial charge in [-0.2, -0.15) is 5.26 Å². The average Bonchev–Trinajstić information content (AvgIpc) is 3.01. The van der Waals surface area contributed by atoms with Crippen molar-refractivity contribution in [3.63, 3.8) is 0 Å².